The topological polar surface area (TPSA) is 69.9 Å². The molecule has 0 N–H and O–H groups in total. The molecule has 0 unspecified atom stereocenters. The van der Waals surface area contributed by atoms with E-state index in [-0.39, 0.29) is 5.56 Å². The maximum absolute atomic E-state index is 12.8. The molecule has 0 aliphatic carbocycles. The number of nitrogens with zero attached hydrogens (tertiary/aromatic N) is 4. The van der Waals surface area contributed by atoms with E-state index in [4.69, 9.17) is 16.3 Å². The molecule has 0 aliphatic heterocycles. The van der Waals surface area contributed by atoms with Crippen molar-refractivity contribution < 1.29 is 4.74 Å². The number of aromatic nitrogens is 4. The molecule has 0 radical (unpaired) electrons. The number of benzene rings is 1. The maximum Gasteiger partial charge on any atom is 0.289 e. The summed E-state index contributed by atoms with van der Waals surface area (Å²) >= 11 is 7.19. The summed E-state index contributed by atoms with van der Waals surface area (Å²) in [4.78, 5) is 21.8. The number of hydrogen-bond acceptors (Lipinski definition) is 6. The average Bonchev–Trinajstić information content (AvgIpc) is 2.96. The van der Waals surface area contributed by atoms with Gasteiger partial charge in [0, 0.05) is 10.4 Å². The third-order valence-corrected chi connectivity index (χ3v) is 4.80. The fourth-order valence-electron chi connectivity index (χ4n) is 2.39. The third kappa shape index (κ3) is 2.16. The summed E-state index contributed by atoms with van der Waals surface area (Å²) in [5, 5.41) is 6.27. The number of hydrogen-bond donors (Lipinski definition) is 0. The molecular formula is C15H9ClN4O2S. The summed E-state index contributed by atoms with van der Waals surface area (Å²) < 4.78 is 7.17. The van der Waals surface area contributed by atoms with E-state index < -0.39 is 0 Å². The second-order valence-electron chi connectivity index (χ2n) is 4.75. The van der Waals surface area contributed by atoms with Crippen molar-refractivity contribution in [2.75, 3.05) is 7.11 Å². The van der Waals surface area contributed by atoms with Crippen molar-refractivity contribution in [3.8, 4) is 11.6 Å². The second kappa shape index (κ2) is 5.29. The van der Waals surface area contributed by atoms with Gasteiger partial charge in [-0.2, -0.15) is 9.78 Å². The van der Waals surface area contributed by atoms with Gasteiger partial charge in [0.1, 0.15) is 15.9 Å². The van der Waals surface area contributed by atoms with Crippen molar-refractivity contribution in [1.82, 2.24) is 19.7 Å². The molecule has 114 valence electrons. The number of thiophene rings is 1. The van der Waals surface area contributed by atoms with E-state index in [1.807, 2.05) is 0 Å². The largest absolute Gasteiger partial charge is 0.480 e. The van der Waals surface area contributed by atoms with Crippen LogP contribution in [0, 0.1) is 0 Å². The Hall–Kier alpha value is -2.51. The van der Waals surface area contributed by atoms with E-state index in [0.29, 0.717) is 36.9 Å². The summed E-state index contributed by atoms with van der Waals surface area (Å²) in [6.07, 6.45) is 3.05. The first-order valence-corrected chi connectivity index (χ1v) is 7.84. The van der Waals surface area contributed by atoms with Crippen LogP contribution in [0.3, 0.4) is 0 Å². The van der Waals surface area contributed by atoms with E-state index in [0.717, 1.165) is 0 Å². The van der Waals surface area contributed by atoms with Gasteiger partial charge in [-0.3, -0.25) is 4.79 Å². The Bertz CT molecular complexity index is 1090. The summed E-state index contributed by atoms with van der Waals surface area (Å²) in [5.41, 5.74) is 0.437. The van der Waals surface area contributed by atoms with Crippen molar-refractivity contribution in [2.24, 2.45) is 0 Å². The van der Waals surface area contributed by atoms with Crippen molar-refractivity contribution in [2.45, 2.75) is 0 Å². The molecule has 0 saturated heterocycles. The highest BCUT2D eigenvalue weighted by molar-refractivity contribution is 7.25. The van der Waals surface area contributed by atoms with Crippen LogP contribution in [0.4, 0.5) is 0 Å². The Kier molecular flexibility index (Phi) is 3.24. The lowest BCUT2D eigenvalue weighted by Crippen LogP contribution is -2.19. The normalized spacial score (nSPS) is 11.2. The smallest absolute Gasteiger partial charge is 0.289 e. The van der Waals surface area contributed by atoms with Crippen molar-refractivity contribution in [3.05, 3.63) is 52.2 Å². The highest BCUT2D eigenvalue weighted by Crippen LogP contribution is 2.34. The standard InChI is InChI=1S/C15H9ClN4O2S/c1-22-13-11-10-6-19-20(9-4-2-8(16)3-5-9)15(21)12(10)23-14(11)18-7-17-13/h2-7H,1H3. The van der Waals surface area contributed by atoms with Gasteiger partial charge >= 0.3 is 0 Å². The van der Waals surface area contributed by atoms with Crippen LogP contribution in [0.1, 0.15) is 0 Å². The second-order valence-corrected chi connectivity index (χ2v) is 6.18. The molecule has 0 spiro atoms. The minimum Gasteiger partial charge on any atom is -0.480 e. The first kappa shape index (κ1) is 14.1. The van der Waals surface area contributed by atoms with Crippen LogP contribution in [0.15, 0.2) is 41.6 Å². The number of rotatable bonds is 2. The fraction of sp³-hybridized carbons (Fsp3) is 0.0667. The lowest BCUT2D eigenvalue weighted by molar-refractivity contribution is 0.403. The predicted molar refractivity (Wildman–Crippen MR) is 89.9 cm³/mol. The van der Waals surface area contributed by atoms with E-state index in [1.54, 1.807) is 30.5 Å². The molecule has 0 fully saturated rings. The van der Waals surface area contributed by atoms with Crippen molar-refractivity contribution in [1.29, 1.82) is 0 Å². The molecule has 3 heterocycles. The molecule has 0 atom stereocenters. The Morgan fingerprint density at radius 2 is 2.00 bits per heavy atom. The van der Waals surface area contributed by atoms with Gasteiger partial charge in [0.05, 0.1) is 24.4 Å². The molecule has 3 aromatic heterocycles. The number of fused-ring (bicyclic) bond motifs is 3. The van der Waals surface area contributed by atoms with Crippen LogP contribution in [-0.4, -0.2) is 26.9 Å². The lowest BCUT2D eigenvalue weighted by Gasteiger charge is -2.04. The zero-order chi connectivity index (χ0) is 16.0. The fourth-order valence-corrected chi connectivity index (χ4v) is 3.55. The first-order valence-electron chi connectivity index (χ1n) is 6.64. The SMILES string of the molecule is COc1ncnc2sc3c(=O)n(-c4ccc(Cl)cc4)ncc3c12. The van der Waals surface area contributed by atoms with Gasteiger partial charge in [-0.25, -0.2) is 9.97 Å². The Morgan fingerprint density at radius 1 is 1.22 bits per heavy atom. The van der Waals surface area contributed by atoms with Gasteiger partial charge < -0.3 is 4.74 Å². The van der Waals surface area contributed by atoms with Gasteiger partial charge in [-0.05, 0) is 24.3 Å². The number of ether oxygens (including phenoxy) is 1. The van der Waals surface area contributed by atoms with Crippen molar-refractivity contribution >= 4 is 43.2 Å². The summed E-state index contributed by atoms with van der Waals surface area (Å²) in [7, 11) is 1.54. The molecule has 4 aromatic rings. The van der Waals surface area contributed by atoms with Crippen LogP contribution in [0.2, 0.25) is 5.02 Å². The van der Waals surface area contributed by atoms with Crippen LogP contribution in [0.5, 0.6) is 5.88 Å². The molecule has 8 heteroatoms. The zero-order valence-electron chi connectivity index (χ0n) is 11.9. The van der Waals surface area contributed by atoms with Gasteiger partial charge in [-0.1, -0.05) is 11.6 Å². The molecule has 0 amide bonds. The van der Waals surface area contributed by atoms with Crippen LogP contribution in [-0.2, 0) is 0 Å². The molecule has 4 rings (SSSR count). The van der Waals surface area contributed by atoms with Gasteiger partial charge in [0.25, 0.3) is 5.56 Å². The molecular weight excluding hydrogens is 336 g/mol. The summed E-state index contributed by atoms with van der Waals surface area (Å²) in [6.45, 7) is 0. The van der Waals surface area contributed by atoms with Gasteiger partial charge in [0.2, 0.25) is 5.88 Å². The lowest BCUT2D eigenvalue weighted by atomic mass is 10.2. The van der Waals surface area contributed by atoms with E-state index in [1.165, 1.54) is 29.5 Å². The molecule has 0 saturated carbocycles. The maximum atomic E-state index is 12.8. The van der Waals surface area contributed by atoms with E-state index >= 15 is 0 Å². The molecule has 0 bridgehead atoms. The van der Waals surface area contributed by atoms with Crippen LogP contribution >= 0.6 is 22.9 Å². The Balaban J connectivity index is 2.04. The molecule has 1 aromatic carbocycles. The van der Waals surface area contributed by atoms with Crippen LogP contribution in [0.25, 0.3) is 26.0 Å². The third-order valence-electron chi connectivity index (χ3n) is 3.44. The minimum atomic E-state index is -0.213. The van der Waals surface area contributed by atoms with E-state index in [9.17, 15) is 4.79 Å². The van der Waals surface area contributed by atoms with E-state index in [2.05, 4.69) is 15.1 Å². The minimum absolute atomic E-state index is 0.213. The monoisotopic (exact) mass is 344 g/mol. The summed E-state index contributed by atoms with van der Waals surface area (Å²) in [5.74, 6) is 0.437. The molecule has 23 heavy (non-hydrogen) atoms. The quantitative estimate of drug-likeness (QED) is 0.559. The average molecular weight is 345 g/mol. The highest BCUT2D eigenvalue weighted by Gasteiger charge is 2.16. The summed E-state index contributed by atoms with van der Waals surface area (Å²) in [6, 6.07) is 6.93. The molecule has 0 aliphatic rings. The Morgan fingerprint density at radius 3 is 2.74 bits per heavy atom. The Labute approximate surface area is 138 Å². The zero-order valence-corrected chi connectivity index (χ0v) is 13.4. The number of methoxy groups -OCH3 is 1. The predicted octanol–water partition coefficient (Wildman–Crippen LogP) is 3.05. The molecule has 6 nitrogen and oxygen atoms in total. The number of halogens is 1. The van der Waals surface area contributed by atoms with Gasteiger partial charge in [0.15, 0.2) is 0 Å². The van der Waals surface area contributed by atoms with Crippen molar-refractivity contribution in [3.63, 3.8) is 0 Å². The van der Waals surface area contributed by atoms with Gasteiger partial charge in [-0.15, -0.1) is 11.3 Å². The first-order chi connectivity index (χ1) is 11.2. The van der Waals surface area contributed by atoms with Crippen LogP contribution < -0.4 is 10.3 Å². The highest BCUT2D eigenvalue weighted by atomic mass is 35.5.